The molecule has 1 unspecified atom stereocenters. The Bertz CT molecular complexity index is 979. The van der Waals surface area contributed by atoms with E-state index in [2.05, 4.69) is 0 Å². The fraction of sp³-hybridized carbons (Fsp3) is 0.368. The zero-order valence-corrected chi connectivity index (χ0v) is 15.0. The lowest BCUT2D eigenvalue weighted by molar-refractivity contribution is -0.147. The normalized spacial score (nSPS) is 19.2. The Kier molecular flexibility index (Phi) is 4.98. The quantitative estimate of drug-likeness (QED) is 0.819. The molecular weight excluding hydrogens is 350 g/mol. The van der Waals surface area contributed by atoms with Gasteiger partial charge in [0.05, 0.1) is 12.0 Å². The molecule has 1 amide bonds. The summed E-state index contributed by atoms with van der Waals surface area (Å²) in [5.74, 6) is -1.39. The zero-order chi connectivity index (χ0) is 19.6. The summed E-state index contributed by atoms with van der Waals surface area (Å²) in [6.07, 6.45) is 1.76. The highest BCUT2D eigenvalue weighted by Crippen LogP contribution is 2.30. The van der Waals surface area contributed by atoms with Gasteiger partial charge in [0.1, 0.15) is 6.54 Å². The predicted molar refractivity (Wildman–Crippen MR) is 97.4 cm³/mol. The number of benzene rings is 1. The van der Waals surface area contributed by atoms with Crippen LogP contribution in [0.3, 0.4) is 0 Å². The van der Waals surface area contributed by atoms with Gasteiger partial charge in [-0.25, -0.2) is 4.79 Å². The minimum absolute atomic E-state index is 0.0704. The van der Waals surface area contributed by atoms with E-state index in [0.29, 0.717) is 13.0 Å². The van der Waals surface area contributed by atoms with Crippen molar-refractivity contribution in [2.75, 3.05) is 13.1 Å². The Balaban J connectivity index is 1.80. The van der Waals surface area contributed by atoms with Crippen LogP contribution in [0.5, 0.6) is 0 Å². The van der Waals surface area contributed by atoms with Crippen LogP contribution in [0.25, 0.3) is 0 Å². The van der Waals surface area contributed by atoms with Gasteiger partial charge in [0.15, 0.2) is 0 Å². The highest BCUT2D eigenvalue weighted by atomic mass is 16.4. The van der Waals surface area contributed by atoms with Crippen LogP contribution in [-0.4, -0.2) is 44.1 Å². The Morgan fingerprint density at radius 3 is 2.48 bits per heavy atom. The van der Waals surface area contributed by atoms with Crippen molar-refractivity contribution < 1.29 is 14.7 Å². The highest BCUT2D eigenvalue weighted by molar-refractivity contribution is 5.80. The molecule has 1 saturated heterocycles. The topological polar surface area (TPSA) is 102 Å². The van der Waals surface area contributed by atoms with E-state index in [4.69, 9.17) is 0 Å². The fourth-order valence-corrected chi connectivity index (χ4v) is 3.19. The Morgan fingerprint density at radius 2 is 1.85 bits per heavy atom. The number of amides is 1. The second-order valence-electron chi connectivity index (χ2n) is 7.07. The number of hydrogen-bond donors (Lipinski definition) is 1. The molecule has 0 bridgehead atoms. The first-order chi connectivity index (χ1) is 12.8. The molecule has 3 rings (SSSR count). The third-order valence-electron chi connectivity index (χ3n) is 4.97. The molecule has 142 valence electrons. The lowest BCUT2D eigenvalue weighted by Gasteiger charge is -2.20. The molecule has 0 saturated carbocycles. The molecule has 1 fully saturated rings. The van der Waals surface area contributed by atoms with Crippen LogP contribution in [0, 0.1) is 5.41 Å². The van der Waals surface area contributed by atoms with Crippen molar-refractivity contribution >= 4 is 11.9 Å². The van der Waals surface area contributed by atoms with Gasteiger partial charge in [-0.05, 0) is 18.9 Å². The molecule has 27 heavy (non-hydrogen) atoms. The van der Waals surface area contributed by atoms with E-state index >= 15 is 0 Å². The lowest BCUT2D eigenvalue weighted by Crippen LogP contribution is -2.44. The van der Waals surface area contributed by atoms with Gasteiger partial charge in [0, 0.05) is 25.4 Å². The second-order valence-corrected chi connectivity index (χ2v) is 7.07. The summed E-state index contributed by atoms with van der Waals surface area (Å²) in [5.41, 5.74) is -1.23. The van der Waals surface area contributed by atoms with Crippen LogP contribution in [0.15, 0.2) is 52.2 Å². The number of carbonyl (C=O) groups is 2. The molecule has 1 aromatic heterocycles. The number of nitrogens with zero attached hydrogens (tertiary/aromatic N) is 3. The minimum Gasteiger partial charge on any atom is -0.481 e. The van der Waals surface area contributed by atoms with Crippen molar-refractivity contribution in [2.45, 2.75) is 26.4 Å². The Labute approximate surface area is 155 Å². The molecular formula is C19H21N3O5. The first kappa shape index (κ1) is 18.6. The summed E-state index contributed by atoms with van der Waals surface area (Å²) in [5, 5.41) is 9.28. The van der Waals surface area contributed by atoms with Gasteiger partial charge >= 0.3 is 11.7 Å². The number of carboxylic acid groups (broad SMARTS) is 1. The van der Waals surface area contributed by atoms with E-state index in [1.54, 1.807) is 6.92 Å². The molecule has 2 heterocycles. The Hall–Kier alpha value is -3.16. The molecule has 0 aliphatic carbocycles. The predicted octanol–water partition coefficient (Wildman–Crippen LogP) is 0.382. The minimum atomic E-state index is -0.995. The summed E-state index contributed by atoms with van der Waals surface area (Å²) < 4.78 is 2.26. The van der Waals surface area contributed by atoms with E-state index in [9.17, 15) is 24.3 Å². The third-order valence-corrected chi connectivity index (χ3v) is 4.97. The molecule has 8 heteroatoms. The smallest absolute Gasteiger partial charge is 0.331 e. The Morgan fingerprint density at radius 1 is 1.15 bits per heavy atom. The number of likely N-dealkylation sites (tertiary alicyclic amines) is 1. The van der Waals surface area contributed by atoms with Crippen molar-refractivity contribution in [1.29, 1.82) is 0 Å². The number of carbonyl (C=O) groups excluding carboxylic acids is 1. The van der Waals surface area contributed by atoms with Crippen molar-refractivity contribution in [2.24, 2.45) is 5.41 Å². The molecule has 1 aromatic carbocycles. The van der Waals surface area contributed by atoms with Gasteiger partial charge in [-0.2, -0.15) is 0 Å². The van der Waals surface area contributed by atoms with Crippen molar-refractivity contribution in [3.05, 3.63) is 69.0 Å². The summed E-state index contributed by atoms with van der Waals surface area (Å²) in [4.78, 5) is 50.0. The average Bonchev–Trinajstić information content (AvgIpc) is 3.06. The van der Waals surface area contributed by atoms with E-state index in [-0.39, 0.29) is 13.1 Å². The molecule has 0 radical (unpaired) electrons. The monoisotopic (exact) mass is 371 g/mol. The van der Waals surface area contributed by atoms with Crippen LogP contribution in [0.4, 0.5) is 0 Å². The largest absolute Gasteiger partial charge is 0.481 e. The number of carboxylic acids is 1. The van der Waals surface area contributed by atoms with Gasteiger partial charge in [0.2, 0.25) is 5.91 Å². The van der Waals surface area contributed by atoms with Crippen molar-refractivity contribution in [1.82, 2.24) is 14.0 Å². The van der Waals surface area contributed by atoms with Gasteiger partial charge in [-0.1, -0.05) is 30.3 Å². The second kappa shape index (κ2) is 7.22. The first-order valence-corrected chi connectivity index (χ1v) is 8.65. The van der Waals surface area contributed by atoms with E-state index in [1.807, 2.05) is 30.3 Å². The number of rotatable bonds is 5. The number of hydrogen-bond acceptors (Lipinski definition) is 4. The molecule has 8 nitrogen and oxygen atoms in total. The standard InChI is InChI=1S/C19H21N3O5/c1-19(17(25)26)8-10-21(13-19)16(24)12-22-15(23)7-9-20(18(22)27)11-14-5-3-2-4-6-14/h2-7,9H,8,10-13H2,1H3,(H,25,26). The summed E-state index contributed by atoms with van der Waals surface area (Å²) >= 11 is 0. The molecule has 1 atom stereocenters. The van der Waals surface area contributed by atoms with E-state index < -0.39 is 35.1 Å². The SMILES string of the molecule is CC1(C(=O)O)CCN(C(=O)Cn2c(=O)ccn(Cc3ccccc3)c2=O)C1. The van der Waals surface area contributed by atoms with E-state index in [1.165, 1.54) is 21.7 Å². The zero-order valence-electron chi connectivity index (χ0n) is 15.0. The van der Waals surface area contributed by atoms with Crippen LogP contribution in [-0.2, 0) is 22.7 Å². The van der Waals surface area contributed by atoms with E-state index in [0.717, 1.165) is 10.1 Å². The fourth-order valence-electron chi connectivity index (χ4n) is 3.19. The number of aliphatic carboxylic acids is 1. The summed E-state index contributed by atoms with van der Waals surface area (Å²) in [6.45, 7) is 1.84. The third kappa shape index (κ3) is 3.84. The average molecular weight is 371 g/mol. The molecule has 1 N–H and O–H groups in total. The molecule has 2 aromatic rings. The van der Waals surface area contributed by atoms with Gasteiger partial charge in [0.25, 0.3) is 5.56 Å². The highest BCUT2D eigenvalue weighted by Gasteiger charge is 2.42. The maximum Gasteiger partial charge on any atom is 0.331 e. The van der Waals surface area contributed by atoms with Crippen LogP contribution < -0.4 is 11.2 Å². The van der Waals surface area contributed by atoms with Crippen molar-refractivity contribution in [3.63, 3.8) is 0 Å². The summed E-state index contributed by atoms with van der Waals surface area (Å²) in [6, 6.07) is 10.6. The molecule has 1 aliphatic heterocycles. The maximum atomic E-state index is 12.6. The van der Waals surface area contributed by atoms with Crippen LogP contribution in [0.1, 0.15) is 18.9 Å². The lowest BCUT2D eigenvalue weighted by atomic mass is 9.90. The van der Waals surface area contributed by atoms with Crippen molar-refractivity contribution in [3.8, 4) is 0 Å². The summed E-state index contributed by atoms with van der Waals surface area (Å²) in [7, 11) is 0. The maximum absolute atomic E-state index is 12.6. The van der Waals surface area contributed by atoms with Crippen LogP contribution >= 0.6 is 0 Å². The molecule has 1 aliphatic rings. The van der Waals surface area contributed by atoms with Gasteiger partial charge in [-0.3, -0.25) is 23.5 Å². The first-order valence-electron chi connectivity index (χ1n) is 8.65. The molecule has 0 spiro atoms. The van der Waals surface area contributed by atoms with Gasteiger partial charge < -0.3 is 10.0 Å². The van der Waals surface area contributed by atoms with Gasteiger partial charge in [-0.15, -0.1) is 0 Å². The van der Waals surface area contributed by atoms with Crippen LogP contribution in [0.2, 0.25) is 0 Å². The number of aromatic nitrogens is 2.